The average molecular weight is 288 g/mol. The third-order valence-corrected chi connectivity index (χ3v) is 4.48. The summed E-state index contributed by atoms with van der Waals surface area (Å²) < 4.78 is 14.4. The van der Waals surface area contributed by atoms with Crippen LogP contribution in [0.3, 0.4) is 0 Å². The van der Waals surface area contributed by atoms with Crippen LogP contribution in [-0.4, -0.2) is 24.8 Å². The molecule has 0 aromatic heterocycles. The number of amides is 1. The Hall–Kier alpha value is -1.91. The molecule has 1 aromatic rings. The maximum absolute atomic E-state index is 14.4. The SMILES string of the molecule is O=C1Nc2cc(N(CC3CC3)CC3CC3)c(F)cc2C1=O. The van der Waals surface area contributed by atoms with Crippen LogP contribution in [0.15, 0.2) is 12.1 Å². The third kappa shape index (κ3) is 2.41. The maximum atomic E-state index is 14.4. The fourth-order valence-electron chi connectivity index (χ4n) is 2.89. The maximum Gasteiger partial charge on any atom is 0.296 e. The quantitative estimate of drug-likeness (QED) is 0.847. The van der Waals surface area contributed by atoms with Crippen LogP contribution in [0.5, 0.6) is 0 Å². The molecule has 2 fully saturated rings. The number of ketones is 1. The number of nitrogens with one attached hydrogen (secondary N) is 1. The van der Waals surface area contributed by atoms with Crippen molar-refractivity contribution in [2.45, 2.75) is 25.7 Å². The number of carbonyl (C=O) groups excluding carboxylic acids is 2. The van der Waals surface area contributed by atoms with Crippen LogP contribution in [0.2, 0.25) is 0 Å². The summed E-state index contributed by atoms with van der Waals surface area (Å²) in [6.07, 6.45) is 4.85. The molecule has 4 nitrogen and oxygen atoms in total. The first kappa shape index (κ1) is 12.8. The highest BCUT2D eigenvalue weighted by molar-refractivity contribution is 6.51. The molecule has 1 amide bonds. The molecule has 0 bridgehead atoms. The normalized spacial score (nSPS) is 20.4. The van der Waals surface area contributed by atoms with Gasteiger partial charge in [0, 0.05) is 13.1 Å². The number of nitrogens with zero attached hydrogens (tertiary/aromatic N) is 1. The minimum atomic E-state index is -0.669. The molecule has 110 valence electrons. The molecular formula is C16H17FN2O2. The first-order valence-electron chi connectivity index (χ1n) is 7.56. The Morgan fingerprint density at radius 1 is 1.10 bits per heavy atom. The van der Waals surface area contributed by atoms with Gasteiger partial charge in [-0.1, -0.05) is 0 Å². The molecule has 0 spiro atoms. The van der Waals surface area contributed by atoms with Crippen molar-refractivity contribution < 1.29 is 14.0 Å². The Morgan fingerprint density at radius 2 is 1.71 bits per heavy atom. The largest absolute Gasteiger partial charge is 0.369 e. The van der Waals surface area contributed by atoms with Gasteiger partial charge in [0.15, 0.2) is 0 Å². The van der Waals surface area contributed by atoms with Crippen molar-refractivity contribution in [3.05, 3.63) is 23.5 Å². The van der Waals surface area contributed by atoms with Crippen molar-refractivity contribution in [3.8, 4) is 0 Å². The summed E-state index contributed by atoms with van der Waals surface area (Å²) in [6.45, 7) is 1.74. The van der Waals surface area contributed by atoms with Gasteiger partial charge in [-0.15, -0.1) is 0 Å². The number of rotatable bonds is 5. The lowest BCUT2D eigenvalue weighted by Gasteiger charge is -2.26. The van der Waals surface area contributed by atoms with Gasteiger partial charge in [0.25, 0.3) is 11.7 Å². The molecule has 1 heterocycles. The van der Waals surface area contributed by atoms with Crippen molar-refractivity contribution in [1.82, 2.24) is 0 Å². The standard InChI is InChI=1S/C16H17FN2O2/c17-12-5-11-13(18-16(21)15(11)20)6-14(12)19(7-9-1-2-9)8-10-3-4-10/h5-6,9-10H,1-4,7-8H2,(H,18,20,21). The predicted octanol–water partition coefficient (Wildman–Crippen LogP) is 2.59. The van der Waals surface area contributed by atoms with E-state index in [4.69, 9.17) is 0 Å². The molecule has 1 N–H and O–H groups in total. The van der Waals surface area contributed by atoms with Gasteiger partial charge >= 0.3 is 0 Å². The van der Waals surface area contributed by atoms with Gasteiger partial charge in [-0.05, 0) is 49.7 Å². The second-order valence-corrected chi connectivity index (χ2v) is 6.42. The molecule has 2 aliphatic carbocycles. The van der Waals surface area contributed by atoms with E-state index >= 15 is 0 Å². The van der Waals surface area contributed by atoms with Gasteiger partial charge in [-0.25, -0.2) is 4.39 Å². The molecule has 1 aliphatic heterocycles. The molecule has 4 rings (SSSR count). The van der Waals surface area contributed by atoms with Crippen molar-refractivity contribution in [1.29, 1.82) is 0 Å². The predicted molar refractivity (Wildman–Crippen MR) is 77.0 cm³/mol. The highest BCUT2D eigenvalue weighted by Gasteiger charge is 2.33. The summed E-state index contributed by atoms with van der Waals surface area (Å²) in [5, 5.41) is 2.53. The molecule has 5 heteroatoms. The van der Waals surface area contributed by atoms with Crippen LogP contribution >= 0.6 is 0 Å². The Kier molecular flexibility index (Phi) is 2.77. The second kappa shape index (κ2) is 4.55. The van der Waals surface area contributed by atoms with E-state index < -0.39 is 17.5 Å². The van der Waals surface area contributed by atoms with Crippen LogP contribution in [0, 0.1) is 17.7 Å². The van der Waals surface area contributed by atoms with Crippen LogP contribution in [0.1, 0.15) is 36.0 Å². The second-order valence-electron chi connectivity index (χ2n) is 6.42. The smallest absolute Gasteiger partial charge is 0.296 e. The molecule has 0 unspecified atom stereocenters. The summed E-state index contributed by atoms with van der Waals surface area (Å²) >= 11 is 0. The fraction of sp³-hybridized carbons (Fsp3) is 0.500. The number of benzene rings is 1. The number of carbonyl (C=O) groups is 2. The van der Waals surface area contributed by atoms with Crippen molar-refractivity contribution in [2.75, 3.05) is 23.3 Å². The number of fused-ring (bicyclic) bond motifs is 1. The lowest BCUT2D eigenvalue weighted by molar-refractivity contribution is -0.112. The number of hydrogen-bond acceptors (Lipinski definition) is 3. The zero-order chi connectivity index (χ0) is 14.6. The molecule has 3 aliphatic rings. The van der Waals surface area contributed by atoms with Crippen molar-refractivity contribution in [2.24, 2.45) is 11.8 Å². The summed E-state index contributed by atoms with van der Waals surface area (Å²) in [5.74, 6) is -0.399. The summed E-state index contributed by atoms with van der Waals surface area (Å²) in [7, 11) is 0. The van der Waals surface area contributed by atoms with E-state index in [1.54, 1.807) is 6.07 Å². The lowest BCUT2D eigenvalue weighted by atomic mass is 10.1. The highest BCUT2D eigenvalue weighted by atomic mass is 19.1. The molecule has 0 atom stereocenters. The first-order valence-corrected chi connectivity index (χ1v) is 7.56. The number of hydrogen-bond donors (Lipinski definition) is 1. The van der Waals surface area contributed by atoms with Gasteiger partial charge in [0.05, 0.1) is 16.9 Å². The minimum Gasteiger partial charge on any atom is -0.369 e. The van der Waals surface area contributed by atoms with E-state index in [2.05, 4.69) is 10.2 Å². The zero-order valence-electron chi connectivity index (χ0n) is 11.7. The highest BCUT2D eigenvalue weighted by Crippen LogP contribution is 2.38. The third-order valence-electron chi connectivity index (χ3n) is 4.48. The number of halogens is 1. The summed E-state index contributed by atoms with van der Waals surface area (Å²) in [4.78, 5) is 25.1. The molecular weight excluding hydrogens is 271 g/mol. The van der Waals surface area contributed by atoms with E-state index in [-0.39, 0.29) is 5.56 Å². The molecule has 2 saturated carbocycles. The Labute approximate surface area is 122 Å². The average Bonchev–Trinajstić information content (AvgIpc) is 3.34. The van der Waals surface area contributed by atoms with E-state index in [1.165, 1.54) is 31.7 Å². The van der Waals surface area contributed by atoms with E-state index in [9.17, 15) is 14.0 Å². The van der Waals surface area contributed by atoms with Crippen LogP contribution in [0.25, 0.3) is 0 Å². The van der Waals surface area contributed by atoms with Crippen molar-refractivity contribution >= 4 is 23.1 Å². The Bertz CT molecular complexity index is 621. The van der Waals surface area contributed by atoms with Crippen molar-refractivity contribution in [3.63, 3.8) is 0 Å². The summed E-state index contributed by atoms with van der Waals surface area (Å²) in [6, 6.07) is 2.83. The Morgan fingerprint density at radius 3 is 2.29 bits per heavy atom. The Balaban J connectivity index is 1.67. The number of Topliss-reactive ketones (excluding diaryl/α,β-unsaturated/α-hetero) is 1. The van der Waals surface area contributed by atoms with E-state index in [0.29, 0.717) is 23.2 Å². The molecule has 0 saturated heterocycles. The van der Waals surface area contributed by atoms with Gasteiger partial charge in [-0.3, -0.25) is 9.59 Å². The van der Waals surface area contributed by atoms with Crippen LogP contribution < -0.4 is 10.2 Å². The van der Waals surface area contributed by atoms with Gasteiger partial charge in [0.1, 0.15) is 5.82 Å². The molecule has 1 aromatic carbocycles. The minimum absolute atomic E-state index is 0.152. The first-order chi connectivity index (χ1) is 10.1. The summed E-state index contributed by atoms with van der Waals surface area (Å²) in [5.41, 5.74) is 1.11. The molecule has 21 heavy (non-hydrogen) atoms. The van der Waals surface area contributed by atoms with Crippen LogP contribution in [-0.2, 0) is 4.79 Å². The lowest BCUT2D eigenvalue weighted by Crippen LogP contribution is -2.29. The van der Waals surface area contributed by atoms with E-state index in [1.807, 2.05) is 0 Å². The monoisotopic (exact) mass is 288 g/mol. The molecule has 0 radical (unpaired) electrons. The zero-order valence-corrected chi connectivity index (χ0v) is 11.7. The topological polar surface area (TPSA) is 49.4 Å². The fourth-order valence-corrected chi connectivity index (χ4v) is 2.89. The van der Waals surface area contributed by atoms with Gasteiger partial charge < -0.3 is 10.2 Å². The number of anilines is 2. The van der Waals surface area contributed by atoms with Gasteiger partial charge in [0.2, 0.25) is 0 Å². The van der Waals surface area contributed by atoms with Crippen LogP contribution in [0.4, 0.5) is 15.8 Å². The van der Waals surface area contributed by atoms with E-state index in [0.717, 1.165) is 13.1 Å². The van der Waals surface area contributed by atoms with Gasteiger partial charge in [-0.2, -0.15) is 0 Å².